The lowest BCUT2D eigenvalue weighted by molar-refractivity contribution is 0.0690. The molecule has 20 heavy (non-hydrogen) atoms. The summed E-state index contributed by atoms with van der Waals surface area (Å²) in [4.78, 5) is 30.2. The number of amides is 1. The second-order valence-electron chi connectivity index (χ2n) is 3.89. The van der Waals surface area contributed by atoms with Crippen molar-refractivity contribution in [1.29, 1.82) is 0 Å². The van der Waals surface area contributed by atoms with E-state index in [-0.39, 0.29) is 11.6 Å². The lowest BCUT2D eigenvalue weighted by Gasteiger charge is -2.03. The molecule has 8 nitrogen and oxygen atoms in total. The van der Waals surface area contributed by atoms with E-state index in [0.29, 0.717) is 30.3 Å². The van der Waals surface area contributed by atoms with Crippen LogP contribution < -0.4 is 11.1 Å². The van der Waals surface area contributed by atoms with Gasteiger partial charge in [-0.25, -0.2) is 14.8 Å². The zero-order chi connectivity index (χ0) is 14.5. The topological polar surface area (TPSA) is 123 Å². The van der Waals surface area contributed by atoms with Crippen LogP contribution in [0.1, 0.15) is 26.0 Å². The summed E-state index contributed by atoms with van der Waals surface area (Å²) in [5, 5.41) is 13.8. The van der Waals surface area contributed by atoms with E-state index in [1.165, 1.54) is 23.9 Å². The number of nitrogens with two attached hydrogens (primary N) is 1. The van der Waals surface area contributed by atoms with Crippen LogP contribution >= 0.6 is 11.3 Å². The maximum atomic E-state index is 11.8. The zero-order valence-electron chi connectivity index (χ0n) is 10.4. The molecule has 0 fully saturated rings. The molecule has 0 spiro atoms. The summed E-state index contributed by atoms with van der Waals surface area (Å²) in [5.74, 6) is -1.36. The highest BCUT2D eigenvalue weighted by atomic mass is 32.1. The van der Waals surface area contributed by atoms with Gasteiger partial charge in [0.15, 0.2) is 5.69 Å². The molecule has 0 atom stereocenters. The first-order chi connectivity index (χ1) is 9.60. The van der Waals surface area contributed by atoms with Crippen LogP contribution in [-0.2, 0) is 13.1 Å². The molecular formula is C11H13N5O3S. The predicted octanol–water partition coefficient (Wildman–Crippen LogP) is -0.0735. The van der Waals surface area contributed by atoms with Crippen LogP contribution in [0, 0.1) is 0 Å². The van der Waals surface area contributed by atoms with Gasteiger partial charge in [-0.15, -0.1) is 11.3 Å². The summed E-state index contributed by atoms with van der Waals surface area (Å²) in [6, 6.07) is 0. The quantitative estimate of drug-likeness (QED) is 0.685. The largest absolute Gasteiger partial charge is 0.476 e. The molecule has 0 radical (unpaired) electrons. The summed E-state index contributed by atoms with van der Waals surface area (Å²) in [7, 11) is 0. The molecule has 0 saturated heterocycles. The van der Waals surface area contributed by atoms with Crippen molar-refractivity contribution in [2.45, 2.75) is 13.1 Å². The number of aromatic carboxylic acids is 1. The maximum absolute atomic E-state index is 11.8. The van der Waals surface area contributed by atoms with Crippen molar-refractivity contribution < 1.29 is 14.7 Å². The number of carboxylic acids is 1. The number of nitrogens with zero attached hydrogens (tertiary/aromatic N) is 3. The molecule has 0 aliphatic heterocycles. The van der Waals surface area contributed by atoms with Crippen LogP contribution in [0.25, 0.3) is 0 Å². The van der Waals surface area contributed by atoms with Crippen LogP contribution in [0.5, 0.6) is 0 Å². The average Bonchev–Trinajstić information content (AvgIpc) is 3.07. The molecule has 2 aromatic rings. The van der Waals surface area contributed by atoms with Crippen LogP contribution in [0.2, 0.25) is 0 Å². The molecule has 0 unspecified atom stereocenters. The standard InChI is InChI=1S/C11H13N5O3S/c12-3-9-15-8(5-20-9)10(17)13-1-2-16-4-7(11(18)19)14-6-16/h4-6H,1-3,12H2,(H,13,17)(H,18,19). The number of rotatable bonds is 6. The summed E-state index contributed by atoms with van der Waals surface area (Å²) >= 11 is 1.34. The molecule has 106 valence electrons. The normalized spacial score (nSPS) is 10.4. The molecule has 2 heterocycles. The Bertz CT molecular complexity index is 621. The summed E-state index contributed by atoms with van der Waals surface area (Å²) in [6.07, 6.45) is 2.81. The molecule has 9 heteroatoms. The predicted molar refractivity (Wildman–Crippen MR) is 71.5 cm³/mol. The monoisotopic (exact) mass is 295 g/mol. The summed E-state index contributed by atoms with van der Waals surface area (Å²) < 4.78 is 1.59. The van der Waals surface area contributed by atoms with Gasteiger partial charge in [-0.2, -0.15) is 0 Å². The van der Waals surface area contributed by atoms with Crippen LogP contribution in [0.3, 0.4) is 0 Å². The fourth-order valence-electron chi connectivity index (χ4n) is 1.49. The smallest absolute Gasteiger partial charge is 0.356 e. The van der Waals surface area contributed by atoms with E-state index in [9.17, 15) is 9.59 Å². The van der Waals surface area contributed by atoms with Crippen molar-refractivity contribution in [2.75, 3.05) is 6.54 Å². The van der Waals surface area contributed by atoms with Gasteiger partial charge in [0.25, 0.3) is 5.91 Å². The Balaban J connectivity index is 1.82. The number of imidazole rings is 1. The van der Waals surface area contributed by atoms with E-state index in [2.05, 4.69) is 15.3 Å². The number of carboxylic acid groups (broad SMARTS) is 1. The van der Waals surface area contributed by atoms with Gasteiger partial charge < -0.3 is 20.7 Å². The lowest BCUT2D eigenvalue weighted by atomic mass is 10.4. The van der Waals surface area contributed by atoms with Crippen molar-refractivity contribution in [3.05, 3.63) is 34.3 Å². The highest BCUT2D eigenvalue weighted by Crippen LogP contribution is 2.08. The molecule has 2 aromatic heterocycles. The highest BCUT2D eigenvalue weighted by molar-refractivity contribution is 7.09. The Hall–Kier alpha value is -2.26. The van der Waals surface area contributed by atoms with Crippen molar-refractivity contribution in [3.8, 4) is 0 Å². The van der Waals surface area contributed by atoms with Crippen molar-refractivity contribution in [1.82, 2.24) is 19.9 Å². The molecule has 1 amide bonds. The molecule has 0 aliphatic carbocycles. The van der Waals surface area contributed by atoms with Gasteiger partial charge in [0.1, 0.15) is 10.7 Å². The van der Waals surface area contributed by atoms with E-state index < -0.39 is 5.97 Å². The number of thiazole rings is 1. The van der Waals surface area contributed by atoms with Gasteiger partial charge in [0.05, 0.1) is 6.33 Å². The first kappa shape index (κ1) is 14.2. The zero-order valence-corrected chi connectivity index (χ0v) is 11.3. The van der Waals surface area contributed by atoms with Crippen LogP contribution in [0.15, 0.2) is 17.9 Å². The average molecular weight is 295 g/mol. The van der Waals surface area contributed by atoms with E-state index >= 15 is 0 Å². The highest BCUT2D eigenvalue weighted by Gasteiger charge is 2.10. The third kappa shape index (κ3) is 3.39. The Morgan fingerprint density at radius 3 is 2.85 bits per heavy atom. The first-order valence-electron chi connectivity index (χ1n) is 5.78. The number of nitrogens with one attached hydrogen (secondary N) is 1. The minimum Gasteiger partial charge on any atom is -0.476 e. The van der Waals surface area contributed by atoms with Gasteiger partial charge in [0, 0.05) is 31.2 Å². The summed E-state index contributed by atoms with van der Waals surface area (Å²) in [5.41, 5.74) is 5.74. The van der Waals surface area contributed by atoms with Crippen LogP contribution in [-0.4, -0.2) is 38.1 Å². The minimum atomic E-state index is -1.08. The fraction of sp³-hybridized carbons (Fsp3) is 0.273. The van der Waals surface area contributed by atoms with Gasteiger partial charge >= 0.3 is 5.97 Å². The molecule has 4 N–H and O–H groups in total. The number of carbonyl (C=O) groups is 2. The third-order valence-corrected chi connectivity index (χ3v) is 3.34. The Labute approximate surface area is 118 Å². The second kappa shape index (κ2) is 6.26. The first-order valence-corrected chi connectivity index (χ1v) is 6.66. The minimum absolute atomic E-state index is 0.0246. The van der Waals surface area contributed by atoms with Gasteiger partial charge in [0.2, 0.25) is 0 Å². The van der Waals surface area contributed by atoms with Crippen LogP contribution in [0.4, 0.5) is 0 Å². The Kier molecular flexibility index (Phi) is 4.43. The number of carbonyl (C=O) groups excluding carboxylic acids is 1. The Morgan fingerprint density at radius 2 is 2.25 bits per heavy atom. The molecule has 0 aliphatic rings. The van der Waals surface area contributed by atoms with Crippen molar-refractivity contribution in [2.24, 2.45) is 5.73 Å². The Morgan fingerprint density at radius 1 is 1.45 bits per heavy atom. The third-order valence-electron chi connectivity index (χ3n) is 2.47. The lowest BCUT2D eigenvalue weighted by Crippen LogP contribution is -2.27. The van der Waals surface area contributed by atoms with Crippen molar-refractivity contribution >= 4 is 23.2 Å². The molecule has 0 aromatic carbocycles. The molecule has 0 saturated carbocycles. The second-order valence-corrected chi connectivity index (χ2v) is 4.83. The van der Waals surface area contributed by atoms with Gasteiger partial charge in [-0.3, -0.25) is 4.79 Å². The maximum Gasteiger partial charge on any atom is 0.356 e. The van der Waals surface area contributed by atoms with E-state index in [1.54, 1.807) is 9.95 Å². The number of hydrogen-bond donors (Lipinski definition) is 3. The fourth-order valence-corrected chi connectivity index (χ4v) is 2.15. The summed E-state index contributed by atoms with van der Waals surface area (Å²) in [6.45, 7) is 1.09. The number of aromatic nitrogens is 3. The molecular weight excluding hydrogens is 282 g/mol. The van der Waals surface area contributed by atoms with E-state index in [1.807, 2.05) is 0 Å². The van der Waals surface area contributed by atoms with E-state index in [4.69, 9.17) is 10.8 Å². The van der Waals surface area contributed by atoms with E-state index in [0.717, 1.165) is 0 Å². The van der Waals surface area contributed by atoms with Crippen molar-refractivity contribution in [3.63, 3.8) is 0 Å². The molecule has 2 rings (SSSR count). The van der Waals surface area contributed by atoms with Gasteiger partial charge in [-0.1, -0.05) is 0 Å². The SMILES string of the molecule is NCc1nc(C(=O)NCCn2cnc(C(=O)O)c2)cs1. The van der Waals surface area contributed by atoms with Gasteiger partial charge in [-0.05, 0) is 0 Å². The molecule has 0 bridgehead atoms. The number of hydrogen-bond acceptors (Lipinski definition) is 6.